The van der Waals surface area contributed by atoms with Crippen molar-refractivity contribution in [2.45, 2.75) is 56.4 Å². The van der Waals surface area contributed by atoms with Crippen molar-refractivity contribution in [3.05, 3.63) is 24.1 Å². The molecule has 1 saturated carbocycles. The highest BCUT2D eigenvalue weighted by atomic mass is 32.2. The first-order valence-corrected chi connectivity index (χ1v) is 6.50. The monoisotopic (exact) mass is 228 g/mol. The zero-order valence-corrected chi connectivity index (χ0v) is 10.6. The van der Waals surface area contributed by atoms with E-state index in [1.54, 1.807) is 11.8 Å². The molecule has 0 nitrogen and oxygen atoms in total. The van der Waals surface area contributed by atoms with Gasteiger partial charge in [0.25, 0.3) is 0 Å². The van der Waals surface area contributed by atoms with Crippen molar-refractivity contribution >= 4 is 11.8 Å². The van der Waals surface area contributed by atoms with Gasteiger partial charge >= 0.3 is 0 Å². The fraction of sp³-hybridized carbons (Fsp3) is 0.692. The van der Waals surface area contributed by atoms with E-state index in [-0.39, 0.29) is 4.75 Å². The molecular weight excluding hydrogens is 207 g/mol. The minimum atomic E-state index is -0.930. The van der Waals surface area contributed by atoms with Crippen LogP contribution in [0.2, 0.25) is 0 Å². The van der Waals surface area contributed by atoms with Crippen LogP contribution in [0.25, 0.3) is 0 Å². The number of hydrogen-bond donors (Lipinski definition) is 0. The van der Waals surface area contributed by atoms with E-state index in [2.05, 4.69) is 13.2 Å². The Kier molecular flexibility index (Phi) is 4.05. The molecule has 0 aromatic rings. The van der Waals surface area contributed by atoms with Gasteiger partial charge in [0.05, 0.1) is 0 Å². The molecule has 0 aromatic heterocycles. The molecule has 2 heteroatoms. The van der Waals surface area contributed by atoms with Crippen molar-refractivity contribution in [1.82, 2.24) is 0 Å². The van der Waals surface area contributed by atoms with Crippen molar-refractivity contribution in [3.63, 3.8) is 0 Å². The highest BCUT2D eigenvalue weighted by Gasteiger charge is 2.42. The van der Waals surface area contributed by atoms with Crippen LogP contribution in [0, 0.1) is 0 Å². The molecule has 0 spiro atoms. The maximum Gasteiger partial charge on any atom is 0.111 e. The van der Waals surface area contributed by atoms with Crippen molar-refractivity contribution in [3.8, 4) is 0 Å². The first-order valence-electron chi connectivity index (χ1n) is 5.62. The third kappa shape index (κ3) is 2.66. The standard InChI is InChI=1S/C13H21FS/c1-5-12(14)7-9-13(10-8-12,11(3)4)15-6-2/h6H,2-3,5,7-10H2,1,4H3. The van der Waals surface area contributed by atoms with E-state index in [0.717, 1.165) is 18.4 Å². The highest BCUT2D eigenvalue weighted by Crippen LogP contribution is 2.49. The van der Waals surface area contributed by atoms with E-state index in [1.165, 1.54) is 0 Å². The zero-order chi connectivity index (χ0) is 11.5. The van der Waals surface area contributed by atoms with E-state index in [4.69, 9.17) is 0 Å². The molecule has 0 atom stereocenters. The number of thioether (sulfide) groups is 1. The lowest BCUT2D eigenvalue weighted by molar-refractivity contribution is 0.0938. The van der Waals surface area contributed by atoms with Crippen LogP contribution in [0.15, 0.2) is 24.1 Å². The largest absolute Gasteiger partial charge is 0.244 e. The molecule has 0 saturated heterocycles. The van der Waals surface area contributed by atoms with Crippen LogP contribution in [0.3, 0.4) is 0 Å². The number of alkyl halides is 1. The third-order valence-corrected chi connectivity index (χ3v) is 5.05. The summed E-state index contributed by atoms with van der Waals surface area (Å²) in [6, 6.07) is 0. The Hall–Kier alpha value is -0.240. The van der Waals surface area contributed by atoms with Crippen LogP contribution < -0.4 is 0 Å². The highest BCUT2D eigenvalue weighted by molar-refractivity contribution is 8.03. The van der Waals surface area contributed by atoms with Crippen LogP contribution in [0.1, 0.15) is 46.0 Å². The fourth-order valence-electron chi connectivity index (χ4n) is 2.26. The SMILES string of the molecule is C=CSC1(C(=C)C)CCC(F)(CC)CC1. The molecule has 1 aliphatic carbocycles. The maximum absolute atomic E-state index is 14.1. The average Bonchev–Trinajstić information content (AvgIpc) is 2.22. The summed E-state index contributed by atoms with van der Waals surface area (Å²) in [4.78, 5) is 0. The second kappa shape index (κ2) is 4.73. The second-order valence-electron chi connectivity index (χ2n) is 4.56. The van der Waals surface area contributed by atoms with Gasteiger partial charge in [-0.05, 0) is 44.4 Å². The van der Waals surface area contributed by atoms with Crippen molar-refractivity contribution in [2.24, 2.45) is 0 Å². The van der Waals surface area contributed by atoms with Gasteiger partial charge in [0.15, 0.2) is 0 Å². The van der Waals surface area contributed by atoms with Crippen molar-refractivity contribution < 1.29 is 4.39 Å². The van der Waals surface area contributed by atoms with E-state index in [0.29, 0.717) is 19.3 Å². The summed E-state index contributed by atoms with van der Waals surface area (Å²) in [6.07, 6.45) is 3.75. The Bertz CT molecular complexity index is 249. The number of hydrogen-bond acceptors (Lipinski definition) is 1. The number of halogens is 1. The molecule has 0 radical (unpaired) electrons. The van der Waals surface area contributed by atoms with Gasteiger partial charge in [-0.3, -0.25) is 0 Å². The normalized spacial score (nSPS) is 36.2. The van der Waals surface area contributed by atoms with Crippen molar-refractivity contribution in [1.29, 1.82) is 0 Å². The first-order chi connectivity index (χ1) is 6.98. The molecule has 0 bridgehead atoms. The Morgan fingerprint density at radius 3 is 2.27 bits per heavy atom. The summed E-state index contributed by atoms with van der Waals surface area (Å²) in [5, 5.41) is 1.87. The maximum atomic E-state index is 14.1. The Morgan fingerprint density at radius 2 is 1.93 bits per heavy atom. The summed E-state index contributed by atoms with van der Waals surface area (Å²) in [7, 11) is 0. The van der Waals surface area contributed by atoms with Gasteiger partial charge in [-0.15, -0.1) is 11.8 Å². The lowest BCUT2D eigenvalue weighted by Crippen LogP contribution is -2.38. The molecule has 0 unspecified atom stereocenters. The molecule has 15 heavy (non-hydrogen) atoms. The molecule has 1 aliphatic rings. The molecular formula is C13H21FS. The van der Waals surface area contributed by atoms with Crippen molar-refractivity contribution in [2.75, 3.05) is 0 Å². The fourth-order valence-corrected chi connectivity index (χ4v) is 3.22. The second-order valence-corrected chi connectivity index (χ2v) is 5.91. The predicted molar refractivity (Wildman–Crippen MR) is 67.9 cm³/mol. The van der Waals surface area contributed by atoms with Gasteiger partial charge in [0.1, 0.15) is 5.67 Å². The molecule has 0 amide bonds. The summed E-state index contributed by atoms with van der Waals surface area (Å²) >= 11 is 1.72. The van der Waals surface area contributed by atoms with E-state index in [9.17, 15) is 4.39 Å². The summed E-state index contributed by atoms with van der Waals surface area (Å²) in [5.74, 6) is 0. The molecule has 1 rings (SSSR count). The van der Waals surface area contributed by atoms with Gasteiger partial charge in [-0.2, -0.15) is 0 Å². The smallest absolute Gasteiger partial charge is 0.111 e. The topological polar surface area (TPSA) is 0 Å². The zero-order valence-electron chi connectivity index (χ0n) is 9.81. The Balaban J connectivity index is 2.73. The van der Waals surface area contributed by atoms with Gasteiger partial charge in [-0.1, -0.05) is 25.7 Å². The molecule has 1 fully saturated rings. The molecule has 0 heterocycles. The Morgan fingerprint density at radius 1 is 1.40 bits per heavy atom. The van der Waals surface area contributed by atoms with E-state index < -0.39 is 5.67 Å². The molecule has 0 aromatic carbocycles. The average molecular weight is 228 g/mol. The molecule has 86 valence electrons. The van der Waals surface area contributed by atoms with E-state index >= 15 is 0 Å². The van der Waals surface area contributed by atoms with E-state index in [1.807, 2.05) is 19.3 Å². The Labute approximate surface area is 97.0 Å². The molecule has 0 N–H and O–H groups in total. The van der Waals surface area contributed by atoms with Crippen LogP contribution in [-0.4, -0.2) is 10.4 Å². The lowest BCUT2D eigenvalue weighted by atomic mass is 9.76. The summed E-state index contributed by atoms with van der Waals surface area (Å²) < 4.78 is 14.1. The molecule has 0 aliphatic heterocycles. The van der Waals surface area contributed by atoms with Crippen LogP contribution in [0.4, 0.5) is 4.39 Å². The van der Waals surface area contributed by atoms with Gasteiger partial charge in [-0.25, -0.2) is 4.39 Å². The summed E-state index contributed by atoms with van der Waals surface area (Å²) in [6.45, 7) is 11.8. The minimum absolute atomic E-state index is 0.0481. The predicted octanol–water partition coefficient (Wildman–Crippen LogP) is 4.87. The summed E-state index contributed by atoms with van der Waals surface area (Å²) in [5.41, 5.74) is 0.228. The van der Waals surface area contributed by atoms with Crippen LogP contribution >= 0.6 is 11.8 Å². The minimum Gasteiger partial charge on any atom is -0.244 e. The number of rotatable bonds is 4. The van der Waals surface area contributed by atoms with Crippen LogP contribution in [-0.2, 0) is 0 Å². The lowest BCUT2D eigenvalue weighted by Gasteiger charge is -2.42. The van der Waals surface area contributed by atoms with Gasteiger partial charge in [0.2, 0.25) is 0 Å². The third-order valence-electron chi connectivity index (χ3n) is 3.67. The van der Waals surface area contributed by atoms with Gasteiger partial charge in [0, 0.05) is 4.75 Å². The van der Waals surface area contributed by atoms with Crippen LogP contribution in [0.5, 0.6) is 0 Å². The van der Waals surface area contributed by atoms with Gasteiger partial charge < -0.3 is 0 Å². The quantitative estimate of drug-likeness (QED) is 0.619. The first kappa shape index (κ1) is 12.8.